The molecule has 0 radical (unpaired) electrons. The van der Waals surface area contributed by atoms with E-state index in [0.717, 1.165) is 5.56 Å². The van der Waals surface area contributed by atoms with E-state index in [0.29, 0.717) is 5.82 Å². The first kappa shape index (κ1) is 12.5. The summed E-state index contributed by atoms with van der Waals surface area (Å²) in [5.74, 6) is 0.130. The Morgan fingerprint density at radius 2 is 2.12 bits per heavy atom. The third-order valence-corrected chi connectivity index (χ3v) is 2.10. The van der Waals surface area contributed by atoms with Crippen LogP contribution in [0.4, 0.5) is 5.82 Å². The molecular weight excluding hydrogens is 206 g/mol. The predicted octanol–water partition coefficient (Wildman–Crippen LogP) is 1.68. The lowest BCUT2D eigenvalue weighted by Crippen LogP contribution is -2.29. The summed E-state index contributed by atoms with van der Waals surface area (Å²) < 4.78 is 6.79. The molecule has 1 aromatic heterocycles. The molecule has 0 amide bonds. The zero-order chi connectivity index (χ0) is 12.5. The molecule has 1 rings (SSSR count). The number of nitrogens with two attached hydrogens (primary N) is 1. The van der Waals surface area contributed by atoms with Crippen molar-refractivity contribution in [1.29, 1.82) is 0 Å². The van der Waals surface area contributed by atoms with Gasteiger partial charge in [0.15, 0.2) is 0 Å². The van der Waals surface area contributed by atoms with Crippen molar-refractivity contribution in [1.82, 2.24) is 9.78 Å². The molecule has 0 aliphatic heterocycles. The fraction of sp³-hybridized carbons (Fsp3) is 0.636. The normalized spacial score (nSPS) is 13.6. The van der Waals surface area contributed by atoms with Gasteiger partial charge in [0, 0.05) is 11.8 Å². The van der Waals surface area contributed by atoms with Crippen molar-refractivity contribution >= 4 is 11.8 Å². The second kappa shape index (κ2) is 4.15. The molecule has 90 valence electrons. The average molecular weight is 225 g/mol. The molecule has 0 spiro atoms. The van der Waals surface area contributed by atoms with E-state index in [1.165, 1.54) is 4.68 Å². The molecule has 5 nitrogen and oxygen atoms in total. The highest BCUT2D eigenvalue weighted by Gasteiger charge is 2.23. The van der Waals surface area contributed by atoms with Crippen molar-refractivity contribution in [2.75, 3.05) is 5.73 Å². The van der Waals surface area contributed by atoms with Gasteiger partial charge in [0.1, 0.15) is 17.5 Å². The molecule has 5 heteroatoms. The van der Waals surface area contributed by atoms with Gasteiger partial charge in [-0.15, -0.1) is 0 Å². The van der Waals surface area contributed by atoms with Gasteiger partial charge in [-0.25, -0.2) is 4.79 Å². The van der Waals surface area contributed by atoms with E-state index in [4.69, 9.17) is 10.5 Å². The fourth-order valence-electron chi connectivity index (χ4n) is 1.19. The van der Waals surface area contributed by atoms with Gasteiger partial charge < -0.3 is 10.5 Å². The average Bonchev–Trinajstić information content (AvgIpc) is 2.43. The summed E-state index contributed by atoms with van der Waals surface area (Å²) in [6.07, 6.45) is 1.74. The molecule has 1 atom stereocenters. The molecule has 0 bridgehead atoms. The Labute approximate surface area is 95.6 Å². The van der Waals surface area contributed by atoms with E-state index in [9.17, 15) is 4.79 Å². The molecule has 0 aliphatic rings. The third-order valence-electron chi connectivity index (χ3n) is 2.10. The molecule has 0 saturated heterocycles. The Morgan fingerprint density at radius 1 is 1.56 bits per heavy atom. The van der Waals surface area contributed by atoms with Crippen molar-refractivity contribution in [3.63, 3.8) is 0 Å². The number of esters is 1. The number of aromatic nitrogens is 2. The molecular formula is C11H19N3O2. The van der Waals surface area contributed by atoms with Gasteiger partial charge in [0.2, 0.25) is 0 Å². The largest absolute Gasteiger partial charge is 0.458 e. The molecule has 0 saturated carbocycles. The Kier molecular flexibility index (Phi) is 3.26. The standard InChI is InChI=1S/C11H19N3O2/c1-7-6-14(13-9(7)12)8(2)10(15)16-11(3,4)5/h6,8H,1-5H3,(H2,12,13)/t8-/m0/s1. The summed E-state index contributed by atoms with van der Waals surface area (Å²) in [4.78, 5) is 11.8. The molecule has 0 aromatic carbocycles. The van der Waals surface area contributed by atoms with Crippen molar-refractivity contribution in [2.45, 2.75) is 46.3 Å². The van der Waals surface area contributed by atoms with Crippen LogP contribution in [0.3, 0.4) is 0 Å². The van der Waals surface area contributed by atoms with Gasteiger partial charge in [0.25, 0.3) is 0 Å². The maximum Gasteiger partial charge on any atom is 0.331 e. The van der Waals surface area contributed by atoms with Crippen LogP contribution in [-0.2, 0) is 9.53 Å². The van der Waals surface area contributed by atoms with Crippen LogP contribution in [0.5, 0.6) is 0 Å². The van der Waals surface area contributed by atoms with Crippen LogP contribution in [0.15, 0.2) is 6.20 Å². The lowest BCUT2D eigenvalue weighted by atomic mass is 10.2. The molecule has 16 heavy (non-hydrogen) atoms. The number of ether oxygens (including phenoxy) is 1. The number of carbonyl (C=O) groups excluding carboxylic acids is 1. The number of carbonyl (C=O) groups is 1. The van der Waals surface area contributed by atoms with Gasteiger partial charge >= 0.3 is 5.97 Å². The first-order valence-electron chi connectivity index (χ1n) is 5.25. The van der Waals surface area contributed by atoms with Gasteiger partial charge in [-0.05, 0) is 34.6 Å². The molecule has 1 aromatic rings. The fourth-order valence-corrected chi connectivity index (χ4v) is 1.19. The number of hydrogen-bond donors (Lipinski definition) is 1. The Morgan fingerprint density at radius 3 is 2.50 bits per heavy atom. The second-order valence-corrected chi connectivity index (χ2v) is 4.89. The predicted molar refractivity (Wildman–Crippen MR) is 61.9 cm³/mol. The van der Waals surface area contributed by atoms with Crippen molar-refractivity contribution in [3.8, 4) is 0 Å². The lowest BCUT2D eigenvalue weighted by molar-refractivity contribution is -0.158. The molecule has 0 fully saturated rings. The number of aryl methyl sites for hydroxylation is 1. The third kappa shape index (κ3) is 2.98. The van der Waals surface area contributed by atoms with Crippen LogP contribution in [0, 0.1) is 6.92 Å². The maximum atomic E-state index is 11.8. The van der Waals surface area contributed by atoms with E-state index in [1.807, 2.05) is 27.7 Å². The van der Waals surface area contributed by atoms with E-state index < -0.39 is 11.6 Å². The van der Waals surface area contributed by atoms with Gasteiger partial charge in [-0.3, -0.25) is 4.68 Å². The highest BCUT2D eigenvalue weighted by Crippen LogP contribution is 2.16. The summed E-state index contributed by atoms with van der Waals surface area (Å²) in [6.45, 7) is 9.08. The van der Waals surface area contributed by atoms with Gasteiger partial charge in [-0.2, -0.15) is 5.10 Å². The topological polar surface area (TPSA) is 70.1 Å². The zero-order valence-corrected chi connectivity index (χ0v) is 10.4. The van der Waals surface area contributed by atoms with Crippen LogP contribution in [0.1, 0.15) is 39.3 Å². The molecule has 0 unspecified atom stereocenters. The Hall–Kier alpha value is -1.52. The quantitative estimate of drug-likeness (QED) is 0.777. The molecule has 0 aliphatic carbocycles. The summed E-state index contributed by atoms with van der Waals surface area (Å²) in [5, 5.41) is 4.05. The van der Waals surface area contributed by atoms with Crippen molar-refractivity contribution in [3.05, 3.63) is 11.8 Å². The maximum absolute atomic E-state index is 11.8. The minimum atomic E-state index is -0.487. The smallest absolute Gasteiger partial charge is 0.331 e. The second-order valence-electron chi connectivity index (χ2n) is 4.89. The SMILES string of the molecule is Cc1cn([C@@H](C)C(=O)OC(C)(C)C)nc1N. The van der Waals surface area contributed by atoms with Crippen LogP contribution in [0.2, 0.25) is 0 Å². The summed E-state index contributed by atoms with van der Waals surface area (Å²) in [5.41, 5.74) is 5.99. The minimum Gasteiger partial charge on any atom is -0.458 e. The summed E-state index contributed by atoms with van der Waals surface area (Å²) >= 11 is 0. The van der Waals surface area contributed by atoms with Crippen LogP contribution < -0.4 is 5.73 Å². The summed E-state index contributed by atoms with van der Waals surface area (Å²) in [6, 6.07) is -0.463. The van der Waals surface area contributed by atoms with Crippen molar-refractivity contribution in [2.24, 2.45) is 0 Å². The number of nitrogen functional groups attached to an aromatic ring is 1. The van der Waals surface area contributed by atoms with E-state index in [-0.39, 0.29) is 5.97 Å². The highest BCUT2D eigenvalue weighted by atomic mass is 16.6. The summed E-state index contributed by atoms with van der Waals surface area (Å²) in [7, 11) is 0. The van der Waals surface area contributed by atoms with Gasteiger partial charge in [0.05, 0.1) is 0 Å². The highest BCUT2D eigenvalue weighted by molar-refractivity contribution is 5.74. The number of nitrogens with zero attached hydrogens (tertiary/aromatic N) is 2. The Balaban J connectivity index is 2.78. The monoisotopic (exact) mass is 225 g/mol. The van der Waals surface area contributed by atoms with Gasteiger partial charge in [-0.1, -0.05) is 0 Å². The van der Waals surface area contributed by atoms with Crippen LogP contribution in [0.25, 0.3) is 0 Å². The zero-order valence-electron chi connectivity index (χ0n) is 10.4. The molecule has 2 N–H and O–H groups in total. The van der Waals surface area contributed by atoms with E-state index in [1.54, 1.807) is 13.1 Å². The number of rotatable bonds is 2. The Bertz CT molecular complexity index is 371. The van der Waals surface area contributed by atoms with Crippen LogP contribution >= 0.6 is 0 Å². The number of hydrogen-bond acceptors (Lipinski definition) is 4. The lowest BCUT2D eigenvalue weighted by Gasteiger charge is -2.22. The molecule has 1 heterocycles. The van der Waals surface area contributed by atoms with E-state index >= 15 is 0 Å². The van der Waals surface area contributed by atoms with Crippen LogP contribution in [-0.4, -0.2) is 21.4 Å². The van der Waals surface area contributed by atoms with E-state index in [2.05, 4.69) is 5.10 Å². The number of anilines is 1. The minimum absolute atomic E-state index is 0.310. The first-order chi connectivity index (χ1) is 7.20. The first-order valence-corrected chi connectivity index (χ1v) is 5.25. The van der Waals surface area contributed by atoms with Crippen molar-refractivity contribution < 1.29 is 9.53 Å².